The van der Waals surface area contributed by atoms with E-state index in [9.17, 15) is 4.79 Å². The summed E-state index contributed by atoms with van der Waals surface area (Å²) >= 11 is 0. The monoisotopic (exact) mass is 316 g/mol. The minimum Gasteiger partial charge on any atom is -0.343 e. The summed E-state index contributed by atoms with van der Waals surface area (Å²) in [6, 6.07) is 2.44. The number of carbonyl (C=O) groups is 1. The van der Waals surface area contributed by atoms with Crippen LogP contribution in [-0.4, -0.2) is 30.5 Å². The number of nitrogens with one attached hydrogen (secondary N) is 1. The number of rotatable bonds is 5. The van der Waals surface area contributed by atoms with Crippen LogP contribution in [0.2, 0.25) is 0 Å². The predicted molar refractivity (Wildman–Crippen MR) is 85.9 cm³/mol. The minimum atomic E-state index is -0.178. The summed E-state index contributed by atoms with van der Waals surface area (Å²) in [4.78, 5) is 12.2. The third kappa shape index (κ3) is 3.60. The molecule has 7 heteroatoms. The predicted octanol–water partition coefficient (Wildman–Crippen LogP) is 2.49. The molecule has 0 radical (unpaired) electrons. The van der Waals surface area contributed by atoms with Gasteiger partial charge in [0, 0.05) is 18.3 Å². The van der Waals surface area contributed by atoms with Gasteiger partial charge in [-0.1, -0.05) is 19.3 Å². The normalized spacial score (nSPS) is 16.0. The van der Waals surface area contributed by atoms with E-state index in [4.69, 9.17) is 0 Å². The average molecular weight is 316 g/mol. The minimum absolute atomic E-state index is 0.178. The molecule has 1 aliphatic rings. The van der Waals surface area contributed by atoms with Crippen LogP contribution in [0.25, 0.3) is 0 Å². The Hall–Kier alpha value is -2.18. The molecule has 0 atom stereocenters. The Kier molecular flexibility index (Phi) is 4.73. The molecule has 1 saturated carbocycles. The molecular weight excluding hydrogens is 292 g/mol. The highest BCUT2D eigenvalue weighted by Gasteiger charge is 2.19. The molecule has 2 aromatic rings. The van der Waals surface area contributed by atoms with Gasteiger partial charge < -0.3 is 9.88 Å². The molecular formula is C16H24N6O. The zero-order chi connectivity index (χ0) is 16.2. The lowest BCUT2D eigenvalue weighted by molar-refractivity contribution is 0.0943. The Morgan fingerprint density at radius 1 is 1.35 bits per heavy atom. The molecule has 1 fully saturated rings. The molecule has 0 saturated heterocycles. The highest BCUT2D eigenvalue weighted by molar-refractivity contribution is 5.92. The van der Waals surface area contributed by atoms with Gasteiger partial charge in [0.05, 0.1) is 6.54 Å². The van der Waals surface area contributed by atoms with Gasteiger partial charge in [0.25, 0.3) is 5.91 Å². The van der Waals surface area contributed by atoms with Crippen molar-refractivity contribution >= 4 is 5.91 Å². The van der Waals surface area contributed by atoms with Gasteiger partial charge >= 0.3 is 0 Å². The molecule has 0 aromatic carbocycles. The van der Waals surface area contributed by atoms with Gasteiger partial charge in [-0.05, 0) is 32.8 Å². The van der Waals surface area contributed by atoms with E-state index < -0.39 is 0 Å². The van der Waals surface area contributed by atoms with Gasteiger partial charge in [0.15, 0.2) is 5.82 Å². The largest absolute Gasteiger partial charge is 0.343 e. The second kappa shape index (κ2) is 6.93. The van der Waals surface area contributed by atoms with Crippen LogP contribution >= 0.6 is 0 Å². The third-order valence-corrected chi connectivity index (χ3v) is 4.39. The van der Waals surface area contributed by atoms with Crippen molar-refractivity contribution in [2.24, 2.45) is 0 Å². The maximum atomic E-state index is 12.2. The van der Waals surface area contributed by atoms with E-state index in [2.05, 4.69) is 25.2 Å². The lowest BCUT2D eigenvalue weighted by Gasteiger charge is -2.23. The Morgan fingerprint density at radius 2 is 2.13 bits per heavy atom. The van der Waals surface area contributed by atoms with E-state index in [1.165, 1.54) is 19.3 Å². The molecule has 124 valence electrons. The number of nitrogens with zero attached hydrogens (tertiary/aromatic N) is 5. The number of hydrogen-bond donors (Lipinski definition) is 1. The summed E-state index contributed by atoms with van der Waals surface area (Å²) in [5.74, 6) is 0.635. The zero-order valence-corrected chi connectivity index (χ0v) is 13.8. The van der Waals surface area contributed by atoms with Gasteiger partial charge in [-0.3, -0.25) is 9.48 Å². The van der Waals surface area contributed by atoms with Gasteiger partial charge in [0.1, 0.15) is 12.0 Å². The Bertz CT molecular complexity index is 653. The van der Waals surface area contributed by atoms with Crippen LogP contribution in [-0.2, 0) is 6.54 Å². The van der Waals surface area contributed by atoms with Crippen LogP contribution in [0.5, 0.6) is 0 Å². The summed E-state index contributed by atoms with van der Waals surface area (Å²) in [5.41, 5.74) is 0.433. The quantitative estimate of drug-likeness (QED) is 0.919. The van der Waals surface area contributed by atoms with E-state index in [1.807, 2.05) is 20.0 Å². The summed E-state index contributed by atoms with van der Waals surface area (Å²) in [5, 5.41) is 15.4. The standard InChI is InChI=1S/C16H24N6O/c1-12(2)22-9-8-14(20-22)16(23)17-10-15-19-18-11-21(15)13-6-4-3-5-7-13/h8-9,11-13H,3-7,10H2,1-2H3,(H,17,23). The first-order chi connectivity index (χ1) is 11.1. The number of carbonyl (C=O) groups excluding carboxylic acids is 1. The van der Waals surface area contributed by atoms with Crippen molar-refractivity contribution in [3.8, 4) is 0 Å². The lowest BCUT2D eigenvalue weighted by atomic mass is 9.95. The van der Waals surface area contributed by atoms with E-state index in [1.54, 1.807) is 17.1 Å². The molecule has 2 aromatic heterocycles. The molecule has 1 N–H and O–H groups in total. The van der Waals surface area contributed by atoms with Gasteiger partial charge in [-0.15, -0.1) is 10.2 Å². The van der Waals surface area contributed by atoms with Gasteiger partial charge in [-0.25, -0.2) is 0 Å². The lowest BCUT2D eigenvalue weighted by Crippen LogP contribution is -2.26. The molecule has 2 heterocycles. The summed E-state index contributed by atoms with van der Waals surface area (Å²) in [7, 11) is 0. The van der Waals surface area contributed by atoms with Crippen LogP contribution in [0.1, 0.15) is 74.3 Å². The molecule has 0 bridgehead atoms. The molecule has 0 unspecified atom stereocenters. The number of amides is 1. The van der Waals surface area contributed by atoms with Gasteiger partial charge in [0.2, 0.25) is 0 Å². The average Bonchev–Trinajstić information content (AvgIpc) is 3.22. The topological polar surface area (TPSA) is 77.6 Å². The summed E-state index contributed by atoms with van der Waals surface area (Å²) in [6.45, 7) is 4.44. The number of hydrogen-bond acceptors (Lipinski definition) is 4. The van der Waals surface area contributed by atoms with Crippen molar-refractivity contribution in [2.75, 3.05) is 0 Å². The Labute approximate surface area is 136 Å². The van der Waals surface area contributed by atoms with Crippen molar-refractivity contribution in [3.05, 3.63) is 30.1 Å². The van der Waals surface area contributed by atoms with E-state index >= 15 is 0 Å². The first-order valence-electron chi connectivity index (χ1n) is 8.37. The highest BCUT2D eigenvalue weighted by atomic mass is 16.1. The Balaban J connectivity index is 1.61. The smallest absolute Gasteiger partial charge is 0.272 e. The second-order valence-corrected chi connectivity index (χ2v) is 6.40. The second-order valence-electron chi connectivity index (χ2n) is 6.40. The highest BCUT2D eigenvalue weighted by Crippen LogP contribution is 2.28. The van der Waals surface area contributed by atoms with Crippen LogP contribution in [0.3, 0.4) is 0 Å². The third-order valence-electron chi connectivity index (χ3n) is 4.39. The molecule has 0 spiro atoms. The fraction of sp³-hybridized carbons (Fsp3) is 0.625. The van der Waals surface area contributed by atoms with Crippen molar-refractivity contribution in [3.63, 3.8) is 0 Å². The Morgan fingerprint density at radius 3 is 2.83 bits per heavy atom. The van der Waals surface area contributed by atoms with E-state index in [0.29, 0.717) is 18.3 Å². The van der Waals surface area contributed by atoms with Crippen LogP contribution < -0.4 is 5.32 Å². The van der Waals surface area contributed by atoms with E-state index in [-0.39, 0.29) is 11.9 Å². The van der Waals surface area contributed by atoms with Crippen molar-refractivity contribution in [1.29, 1.82) is 0 Å². The SMILES string of the molecule is CC(C)n1ccc(C(=O)NCc2nncn2C2CCCCC2)n1. The first kappa shape index (κ1) is 15.7. The molecule has 1 aliphatic carbocycles. The maximum absolute atomic E-state index is 12.2. The molecule has 1 amide bonds. The first-order valence-corrected chi connectivity index (χ1v) is 8.37. The van der Waals surface area contributed by atoms with Crippen LogP contribution in [0.4, 0.5) is 0 Å². The zero-order valence-electron chi connectivity index (χ0n) is 13.8. The van der Waals surface area contributed by atoms with Crippen LogP contribution in [0.15, 0.2) is 18.6 Å². The molecule has 23 heavy (non-hydrogen) atoms. The van der Waals surface area contributed by atoms with E-state index in [0.717, 1.165) is 18.7 Å². The summed E-state index contributed by atoms with van der Waals surface area (Å²) < 4.78 is 3.89. The van der Waals surface area contributed by atoms with Gasteiger partial charge in [-0.2, -0.15) is 5.10 Å². The number of aromatic nitrogens is 5. The van der Waals surface area contributed by atoms with Crippen molar-refractivity contribution < 1.29 is 4.79 Å². The molecule has 3 rings (SSSR count). The van der Waals surface area contributed by atoms with Crippen molar-refractivity contribution in [1.82, 2.24) is 29.9 Å². The van der Waals surface area contributed by atoms with Crippen molar-refractivity contribution in [2.45, 2.75) is 64.6 Å². The molecule has 7 nitrogen and oxygen atoms in total. The fourth-order valence-corrected chi connectivity index (χ4v) is 3.05. The summed E-state index contributed by atoms with van der Waals surface area (Å²) in [6.07, 6.45) is 9.75. The molecule has 0 aliphatic heterocycles. The fourth-order valence-electron chi connectivity index (χ4n) is 3.05. The van der Waals surface area contributed by atoms with Crippen LogP contribution in [0, 0.1) is 0 Å². The maximum Gasteiger partial charge on any atom is 0.272 e.